The minimum atomic E-state index is -3.25. The van der Waals surface area contributed by atoms with Gasteiger partial charge in [-0.15, -0.1) is 0 Å². The van der Waals surface area contributed by atoms with Crippen molar-refractivity contribution in [1.29, 1.82) is 0 Å². The number of imidazole rings is 1. The maximum Gasteiger partial charge on any atom is 0.232 e. The molecule has 1 aromatic carbocycles. The number of anilines is 1. The lowest BCUT2D eigenvalue weighted by molar-refractivity contribution is 0.600. The molecule has 0 spiro atoms. The summed E-state index contributed by atoms with van der Waals surface area (Å²) >= 11 is 0. The molecule has 2 rings (SSSR count). The number of hydrogen-bond acceptors (Lipinski definition) is 3. The molecule has 19 heavy (non-hydrogen) atoms. The molecule has 0 unspecified atom stereocenters. The number of H-pyrrole nitrogens is 1. The van der Waals surface area contributed by atoms with Gasteiger partial charge in [-0.1, -0.05) is 19.1 Å². The summed E-state index contributed by atoms with van der Waals surface area (Å²) in [4.78, 5) is 7.25. The van der Waals surface area contributed by atoms with Crippen molar-refractivity contribution in [3.05, 3.63) is 36.3 Å². The van der Waals surface area contributed by atoms with Crippen LogP contribution in [0.2, 0.25) is 0 Å². The number of sulfonamides is 1. The lowest BCUT2D eigenvalue weighted by atomic mass is 10.1. The molecule has 0 atom stereocenters. The van der Waals surface area contributed by atoms with E-state index in [9.17, 15) is 8.42 Å². The summed E-state index contributed by atoms with van der Waals surface area (Å²) in [5.74, 6) is 0.951. The SMILES string of the molecule is CCCS(=O)(=O)Nc1cccc(-c2cnc(C)[nH]2)c1. The molecule has 2 N–H and O–H groups in total. The van der Waals surface area contributed by atoms with Crippen LogP contribution in [0.15, 0.2) is 30.5 Å². The molecule has 1 heterocycles. The molecule has 0 radical (unpaired) electrons. The summed E-state index contributed by atoms with van der Waals surface area (Å²) in [5.41, 5.74) is 2.34. The normalized spacial score (nSPS) is 11.5. The van der Waals surface area contributed by atoms with E-state index >= 15 is 0 Å². The van der Waals surface area contributed by atoms with Gasteiger partial charge in [0.1, 0.15) is 5.82 Å². The van der Waals surface area contributed by atoms with Crippen LogP contribution >= 0.6 is 0 Å². The number of nitrogens with one attached hydrogen (secondary N) is 2. The number of aromatic nitrogens is 2. The van der Waals surface area contributed by atoms with Gasteiger partial charge in [0.25, 0.3) is 0 Å². The first-order chi connectivity index (χ1) is 9.00. The van der Waals surface area contributed by atoms with Crippen LogP contribution in [0, 0.1) is 6.92 Å². The zero-order chi connectivity index (χ0) is 13.9. The Morgan fingerprint density at radius 2 is 2.16 bits per heavy atom. The highest BCUT2D eigenvalue weighted by atomic mass is 32.2. The predicted molar refractivity (Wildman–Crippen MR) is 76.5 cm³/mol. The van der Waals surface area contributed by atoms with Gasteiger partial charge in [-0.25, -0.2) is 13.4 Å². The first-order valence-corrected chi connectivity index (χ1v) is 7.78. The third-order valence-corrected chi connectivity index (χ3v) is 4.12. The first-order valence-electron chi connectivity index (χ1n) is 6.13. The van der Waals surface area contributed by atoms with Gasteiger partial charge in [0.05, 0.1) is 17.6 Å². The molecule has 1 aromatic heterocycles. The monoisotopic (exact) mass is 279 g/mol. The molecule has 0 aliphatic carbocycles. The summed E-state index contributed by atoms with van der Waals surface area (Å²) < 4.78 is 26.0. The van der Waals surface area contributed by atoms with Crippen LogP contribution in [-0.4, -0.2) is 24.1 Å². The average Bonchev–Trinajstić information content (AvgIpc) is 2.75. The summed E-state index contributed by atoms with van der Waals surface area (Å²) in [6.45, 7) is 3.71. The maximum atomic E-state index is 11.7. The highest BCUT2D eigenvalue weighted by molar-refractivity contribution is 7.92. The van der Waals surface area contributed by atoms with E-state index in [0.29, 0.717) is 12.1 Å². The Morgan fingerprint density at radius 3 is 2.79 bits per heavy atom. The van der Waals surface area contributed by atoms with E-state index in [1.807, 2.05) is 26.0 Å². The molecule has 0 fully saturated rings. The van der Waals surface area contributed by atoms with Gasteiger partial charge in [-0.3, -0.25) is 4.72 Å². The Morgan fingerprint density at radius 1 is 1.37 bits per heavy atom. The van der Waals surface area contributed by atoms with E-state index in [4.69, 9.17) is 0 Å². The topological polar surface area (TPSA) is 74.8 Å². The standard InChI is InChI=1S/C13H17N3O2S/c1-3-7-19(17,18)16-12-6-4-5-11(8-12)13-9-14-10(2)15-13/h4-6,8-9,16H,3,7H2,1-2H3,(H,14,15). The summed E-state index contributed by atoms with van der Waals surface area (Å²) in [6, 6.07) is 7.25. The van der Waals surface area contributed by atoms with E-state index in [-0.39, 0.29) is 5.75 Å². The Bertz CT molecular complexity index is 662. The number of hydrogen-bond donors (Lipinski definition) is 2. The molecule has 6 heteroatoms. The molecule has 2 aromatic rings. The quantitative estimate of drug-likeness (QED) is 0.883. The lowest BCUT2D eigenvalue weighted by Crippen LogP contribution is -2.15. The molecule has 0 bridgehead atoms. The smallest absolute Gasteiger partial charge is 0.232 e. The minimum absolute atomic E-state index is 0.125. The summed E-state index contributed by atoms with van der Waals surface area (Å²) in [6.07, 6.45) is 2.32. The van der Waals surface area contributed by atoms with Crippen molar-refractivity contribution >= 4 is 15.7 Å². The van der Waals surface area contributed by atoms with Gasteiger partial charge in [-0.05, 0) is 25.5 Å². The fraction of sp³-hybridized carbons (Fsp3) is 0.308. The van der Waals surface area contributed by atoms with Gasteiger partial charge >= 0.3 is 0 Å². The van der Waals surface area contributed by atoms with Crippen molar-refractivity contribution in [1.82, 2.24) is 9.97 Å². The molecule has 0 amide bonds. The van der Waals surface area contributed by atoms with Crippen LogP contribution in [0.25, 0.3) is 11.3 Å². The fourth-order valence-corrected chi connectivity index (χ4v) is 2.94. The van der Waals surface area contributed by atoms with Crippen molar-refractivity contribution in [2.24, 2.45) is 0 Å². The highest BCUT2D eigenvalue weighted by Crippen LogP contribution is 2.21. The zero-order valence-electron chi connectivity index (χ0n) is 11.0. The molecule has 5 nitrogen and oxygen atoms in total. The minimum Gasteiger partial charge on any atom is -0.342 e. The Balaban J connectivity index is 2.25. The summed E-state index contributed by atoms with van der Waals surface area (Å²) in [7, 11) is -3.25. The molecule has 0 aliphatic rings. The molecular weight excluding hydrogens is 262 g/mol. The van der Waals surface area contributed by atoms with Crippen molar-refractivity contribution in [2.45, 2.75) is 20.3 Å². The molecule has 0 saturated heterocycles. The van der Waals surface area contributed by atoms with Gasteiger partial charge in [0.2, 0.25) is 10.0 Å². The van der Waals surface area contributed by atoms with Gasteiger partial charge < -0.3 is 4.98 Å². The second-order valence-electron chi connectivity index (χ2n) is 4.38. The molecule has 102 valence electrons. The van der Waals surface area contributed by atoms with E-state index in [0.717, 1.165) is 17.1 Å². The largest absolute Gasteiger partial charge is 0.342 e. The third-order valence-electron chi connectivity index (χ3n) is 2.62. The van der Waals surface area contributed by atoms with Crippen LogP contribution in [-0.2, 0) is 10.0 Å². The third kappa shape index (κ3) is 3.57. The zero-order valence-corrected chi connectivity index (χ0v) is 11.8. The number of aromatic amines is 1. The second-order valence-corrected chi connectivity index (χ2v) is 6.23. The van der Waals surface area contributed by atoms with E-state index in [1.54, 1.807) is 18.3 Å². The van der Waals surface area contributed by atoms with Crippen LogP contribution in [0.5, 0.6) is 0 Å². The Labute approximate surface area is 113 Å². The molecule has 0 aliphatic heterocycles. The number of nitrogens with zero attached hydrogens (tertiary/aromatic N) is 1. The van der Waals surface area contributed by atoms with Gasteiger partial charge in [-0.2, -0.15) is 0 Å². The average molecular weight is 279 g/mol. The Hall–Kier alpha value is -1.82. The van der Waals surface area contributed by atoms with Crippen molar-refractivity contribution in [2.75, 3.05) is 10.5 Å². The number of aryl methyl sites for hydroxylation is 1. The fourth-order valence-electron chi connectivity index (χ4n) is 1.82. The first kappa shape index (κ1) is 13.6. The maximum absolute atomic E-state index is 11.7. The van der Waals surface area contributed by atoms with E-state index in [2.05, 4.69) is 14.7 Å². The summed E-state index contributed by atoms with van der Waals surface area (Å²) in [5, 5.41) is 0. The van der Waals surface area contributed by atoms with E-state index < -0.39 is 10.0 Å². The van der Waals surface area contributed by atoms with Crippen LogP contribution in [0.4, 0.5) is 5.69 Å². The van der Waals surface area contributed by atoms with Crippen LogP contribution in [0.1, 0.15) is 19.2 Å². The van der Waals surface area contributed by atoms with Crippen molar-refractivity contribution < 1.29 is 8.42 Å². The van der Waals surface area contributed by atoms with Crippen molar-refractivity contribution in [3.8, 4) is 11.3 Å². The number of rotatable bonds is 5. The van der Waals surface area contributed by atoms with Crippen LogP contribution < -0.4 is 4.72 Å². The van der Waals surface area contributed by atoms with Crippen LogP contribution in [0.3, 0.4) is 0 Å². The molecular formula is C13H17N3O2S. The van der Waals surface area contributed by atoms with Gasteiger partial charge in [0, 0.05) is 11.3 Å². The molecule has 0 saturated carbocycles. The second kappa shape index (κ2) is 5.44. The highest BCUT2D eigenvalue weighted by Gasteiger charge is 2.09. The van der Waals surface area contributed by atoms with Crippen molar-refractivity contribution in [3.63, 3.8) is 0 Å². The Kier molecular flexibility index (Phi) is 3.90. The number of benzene rings is 1. The van der Waals surface area contributed by atoms with E-state index in [1.165, 1.54) is 0 Å². The lowest BCUT2D eigenvalue weighted by Gasteiger charge is -2.08. The predicted octanol–water partition coefficient (Wildman–Crippen LogP) is 2.54. The van der Waals surface area contributed by atoms with Gasteiger partial charge in [0.15, 0.2) is 0 Å².